The SMILES string of the molecule is C[C@H]1CCc2c(NC(c3ccccc3)c3ccccc3)cccc2N1C(=O)O. The molecule has 0 aromatic heterocycles. The van der Waals surface area contributed by atoms with E-state index in [1.807, 2.05) is 61.5 Å². The maximum absolute atomic E-state index is 11.8. The number of nitrogens with one attached hydrogen (secondary N) is 1. The van der Waals surface area contributed by atoms with E-state index < -0.39 is 6.09 Å². The normalized spacial score (nSPS) is 15.9. The summed E-state index contributed by atoms with van der Waals surface area (Å²) in [5.74, 6) is 0. The van der Waals surface area contributed by atoms with Gasteiger partial charge in [0, 0.05) is 11.7 Å². The van der Waals surface area contributed by atoms with Crippen molar-refractivity contribution in [2.45, 2.75) is 31.8 Å². The molecule has 1 amide bonds. The number of benzene rings is 3. The fourth-order valence-corrected chi connectivity index (χ4v) is 4.02. The Morgan fingerprint density at radius 2 is 1.57 bits per heavy atom. The molecule has 0 fully saturated rings. The van der Waals surface area contributed by atoms with Gasteiger partial charge >= 0.3 is 6.09 Å². The van der Waals surface area contributed by atoms with Crippen LogP contribution in [0.1, 0.15) is 36.1 Å². The van der Waals surface area contributed by atoms with E-state index in [1.165, 1.54) is 16.0 Å². The molecule has 142 valence electrons. The average molecular weight is 372 g/mol. The first kappa shape index (κ1) is 18.1. The lowest BCUT2D eigenvalue weighted by Gasteiger charge is -2.35. The minimum Gasteiger partial charge on any atom is -0.465 e. The number of hydrogen-bond donors (Lipinski definition) is 2. The minimum absolute atomic E-state index is 0.00784. The summed E-state index contributed by atoms with van der Waals surface area (Å²) in [7, 11) is 0. The van der Waals surface area contributed by atoms with E-state index in [9.17, 15) is 9.90 Å². The van der Waals surface area contributed by atoms with E-state index in [-0.39, 0.29) is 12.1 Å². The summed E-state index contributed by atoms with van der Waals surface area (Å²) in [6.45, 7) is 1.97. The van der Waals surface area contributed by atoms with E-state index in [4.69, 9.17) is 0 Å². The predicted molar refractivity (Wildman–Crippen MR) is 113 cm³/mol. The highest BCUT2D eigenvalue weighted by atomic mass is 16.4. The fourth-order valence-electron chi connectivity index (χ4n) is 4.02. The number of carbonyl (C=O) groups is 1. The molecule has 1 aliphatic rings. The Morgan fingerprint density at radius 1 is 0.964 bits per heavy atom. The number of rotatable bonds is 4. The Morgan fingerprint density at radius 3 is 2.14 bits per heavy atom. The average Bonchev–Trinajstić information content (AvgIpc) is 2.72. The van der Waals surface area contributed by atoms with Crippen LogP contribution in [0.25, 0.3) is 0 Å². The highest BCUT2D eigenvalue weighted by molar-refractivity contribution is 5.90. The first-order valence-corrected chi connectivity index (χ1v) is 9.65. The third-order valence-corrected chi connectivity index (χ3v) is 5.44. The number of fused-ring (bicyclic) bond motifs is 1. The molecule has 4 rings (SSSR count). The summed E-state index contributed by atoms with van der Waals surface area (Å²) in [5.41, 5.74) is 5.19. The van der Waals surface area contributed by atoms with Gasteiger partial charge in [-0.25, -0.2) is 4.79 Å². The van der Waals surface area contributed by atoms with Gasteiger partial charge in [-0.1, -0.05) is 66.7 Å². The molecule has 28 heavy (non-hydrogen) atoms. The zero-order chi connectivity index (χ0) is 19.5. The van der Waals surface area contributed by atoms with Gasteiger partial charge in [0.1, 0.15) is 0 Å². The third-order valence-electron chi connectivity index (χ3n) is 5.44. The molecule has 0 radical (unpaired) electrons. The molecule has 3 aromatic rings. The lowest BCUT2D eigenvalue weighted by atomic mass is 9.93. The highest BCUT2D eigenvalue weighted by Gasteiger charge is 2.29. The number of carboxylic acid groups (broad SMARTS) is 1. The summed E-state index contributed by atoms with van der Waals surface area (Å²) >= 11 is 0. The summed E-state index contributed by atoms with van der Waals surface area (Å²) in [5, 5.41) is 13.4. The Bertz CT molecular complexity index is 917. The first-order chi connectivity index (χ1) is 13.6. The second-order valence-electron chi connectivity index (χ2n) is 7.24. The lowest BCUT2D eigenvalue weighted by molar-refractivity contribution is 0.198. The van der Waals surface area contributed by atoms with E-state index in [0.29, 0.717) is 0 Å². The molecule has 1 heterocycles. The van der Waals surface area contributed by atoms with Crippen LogP contribution in [0.5, 0.6) is 0 Å². The maximum atomic E-state index is 11.8. The van der Waals surface area contributed by atoms with Crippen molar-refractivity contribution in [2.75, 3.05) is 10.2 Å². The molecule has 2 N–H and O–H groups in total. The standard InChI is InChI=1S/C24H24N2O2/c1-17-15-16-20-21(13-8-14-22(20)26(17)24(27)28)25-23(18-9-4-2-5-10-18)19-11-6-3-7-12-19/h2-14,17,23,25H,15-16H2,1H3,(H,27,28)/t17-/m0/s1. The number of nitrogens with zero attached hydrogens (tertiary/aromatic N) is 1. The largest absolute Gasteiger partial charge is 0.465 e. The second kappa shape index (κ2) is 7.77. The molecule has 0 bridgehead atoms. The zero-order valence-electron chi connectivity index (χ0n) is 15.9. The van der Waals surface area contributed by atoms with Gasteiger partial charge in [-0.3, -0.25) is 4.90 Å². The van der Waals surface area contributed by atoms with Gasteiger partial charge in [-0.15, -0.1) is 0 Å². The smallest absolute Gasteiger partial charge is 0.412 e. The molecule has 1 aliphatic heterocycles. The van der Waals surface area contributed by atoms with Crippen LogP contribution in [0.15, 0.2) is 78.9 Å². The van der Waals surface area contributed by atoms with Crippen LogP contribution in [-0.2, 0) is 6.42 Å². The van der Waals surface area contributed by atoms with Crippen LogP contribution in [-0.4, -0.2) is 17.2 Å². The molecule has 1 atom stereocenters. The second-order valence-corrected chi connectivity index (χ2v) is 7.24. The van der Waals surface area contributed by atoms with Crippen LogP contribution in [0.4, 0.5) is 16.2 Å². The van der Waals surface area contributed by atoms with E-state index in [2.05, 4.69) is 29.6 Å². The third kappa shape index (κ3) is 3.46. The first-order valence-electron chi connectivity index (χ1n) is 9.65. The van der Waals surface area contributed by atoms with Crippen LogP contribution in [0.3, 0.4) is 0 Å². The predicted octanol–water partition coefficient (Wildman–Crippen LogP) is 5.71. The molecule has 3 aromatic carbocycles. The van der Waals surface area contributed by atoms with Crippen molar-refractivity contribution in [3.8, 4) is 0 Å². The van der Waals surface area contributed by atoms with Crippen LogP contribution in [0.2, 0.25) is 0 Å². The Kier molecular flexibility index (Phi) is 5.02. The molecule has 0 saturated heterocycles. The van der Waals surface area contributed by atoms with E-state index >= 15 is 0 Å². The topological polar surface area (TPSA) is 52.6 Å². The molecule has 0 aliphatic carbocycles. The van der Waals surface area contributed by atoms with Gasteiger partial charge in [-0.2, -0.15) is 0 Å². The summed E-state index contributed by atoms with van der Waals surface area (Å²) < 4.78 is 0. The minimum atomic E-state index is -0.895. The van der Waals surface area contributed by atoms with Crippen LogP contribution in [0, 0.1) is 0 Å². The molecular formula is C24H24N2O2. The van der Waals surface area contributed by atoms with Crippen LogP contribution >= 0.6 is 0 Å². The van der Waals surface area contributed by atoms with Crippen molar-refractivity contribution in [1.29, 1.82) is 0 Å². The van der Waals surface area contributed by atoms with E-state index in [0.717, 1.165) is 29.8 Å². The van der Waals surface area contributed by atoms with Crippen molar-refractivity contribution < 1.29 is 9.90 Å². The van der Waals surface area contributed by atoms with Crippen molar-refractivity contribution in [3.63, 3.8) is 0 Å². The lowest BCUT2D eigenvalue weighted by Crippen LogP contribution is -2.41. The van der Waals surface area contributed by atoms with Crippen molar-refractivity contribution in [1.82, 2.24) is 0 Å². The summed E-state index contributed by atoms with van der Waals surface area (Å²) in [4.78, 5) is 13.3. The Labute approximate surface area is 165 Å². The van der Waals surface area contributed by atoms with Crippen molar-refractivity contribution >= 4 is 17.5 Å². The highest BCUT2D eigenvalue weighted by Crippen LogP contribution is 2.37. The monoisotopic (exact) mass is 372 g/mol. The summed E-state index contributed by atoms with van der Waals surface area (Å²) in [6, 6.07) is 26.5. The molecule has 0 spiro atoms. The van der Waals surface area contributed by atoms with Gasteiger partial charge in [0.15, 0.2) is 0 Å². The molecular weight excluding hydrogens is 348 g/mol. The van der Waals surface area contributed by atoms with Gasteiger partial charge in [-0.05, 0) is 48.6 Å². The van der Waals surface area contributed by atoms with E-state index in [1.54, 1.807) is 0 Å². The van der Waals surface area contributed by atoms with Crippen molar-refractivity contribution in [3.05, 3.63) is 95.6 Å². The number of anilines is 2. The summed E-state index contributed by atoms with van der Waals surface area (Å²) in [6.07, 6.45) is 0.785. The fraction of sp³-hybridized carbons (Fsp3) is 0.208. The zero-order valence-corrected chi connectivity index (χ0v) is 15.9. The van der Waals surface area contributed by atoms with Crippen LogP contribution < -0.4 is 10.2 Å². The van der Waals surface area contributed by atoms with Gasteiger partial charge in [0.2, 0.25) is 0 Å². The number of hydrogen-bond acceptors (Lipinski definition) is 2. The van der Waals surface area contributed by atoms with Crippen molar-refractivity contribution in [2.24, 2.45) is 0 Å². The molecule has 4 heteroatoms. The number of amides is 1. The quantitative estimate of drug-likeness (QED) is 0.617. The molecule has 0 unspecified atom stereocenters. The van der Waals surface area contributed by atoms with Gasteiger partial charge in [0.05, 0.1) is 11.7 Å². The molecule has 4 nitrogen and oxygen atoms in total. The van der Waals surface area contributed by atoms with Gasteiger partial charge < -0.3 is 10.4 Å². The van der Waals surface area contributed by atoms with Gasteiger partial charge in [0.25, 0.3) is 0 Å². The molecule has 0 saturated carbocycles. The Hall–Kier alpha value is -3.27. The Balaban J connectivity index is 1.76. The maximum Gasteiger partial charge on any atom is 0.412 e.